The van der Waals surface area contributed by atoms with Crippen LogP contribution in [0.2, 0.25) is 0 Å². The van der Waals surface area contributed by atoms with E-state index in [1.807, 2.05) is 24.3 Å². The first kappa shape index (κ1) is 17.4. The first-order chi connectivity index (χ1) is 12.7. The molecule has 26 heavy (non-hydrogen) atoms. The second-order valence-corrected chi connectivity index (χ2v) is 5.62. The van der Waals surface area contributed by atoms with Crippen LogP contribution in [-0.4, -0.2) is 29.6 Å². The molecule has 3 aromatic rings. The Morgan fingerprint density at radius 2 is 1.81 bits per heavy atom. The fourth-order valence-electron chi connectivity index (χ4n) is 2.43. The van der Waals surface area contributed by atoms with Crippen molar-refractivity contribution in [1.82, 2.24) is 9.97 Å². The molecule has 6 nitrogen and oxygen atoms in total. The number of carbonyl (C=O) groups excluding carboxylic acids is 1. The van der Waals surface area contributed by atoms with Gasteiger partial charge in [0.1, 0.15) is 5.82 Å². The molecule has 0 aliphatic heterocycles. The molecule has 0 aliphatic carbocycles. The summed E-state index contributed by atoms with van der Waals surface area (Å²) in [6.07, 6.45) is 2.62. The molecule has 0 aliphatic rings. The summed E-state index contributed by atoms with van der Waals surface area (Å²) >= 11 is 0. The molecule has 6 heteroatoms. The average Bonchev–Trinajstić information content (AvgIpc) is 2.69. The molecule has 3 rings (SSSR count). The number of methoxy groups -OCH3 is 1. The number of aromatic nitrogens is 2. The van der Waals surface area contributed by atoms with E-state index in [0.717, 1.165) is 24.5 Å². The first-order valence-corrected chi connectivity index (χ1v) is 8.31. The number of esters is 1. The molecular weight excluding hydrogens is 328 g/mol. The van der Waals surface area contributed by atoms with Gasteiger partial charge >= 0.3 is 5.97 Å². The van der Waals surface area contributed by atoms with Gasteiger partial charge in [-0.25, -0.2) is 9.78 Å². The number of anilines is 3. The van der Waals surface area contributed by atoms with Crippen molar-refractivity contribution in [3.63, 3.8) is 0 Å². The van der Waals surface area contributed by atoms with Crippen LogP contribution in [0.1, 0.15) is 15.9 Å². The molecule has 1 aromatic heterocycles. The van der Waals surface area contributed by atoms with Crippen molar-refractivity contribution < 1.29 is 9.53 Å². The molecule has 0 fully saturated rings. The third-order valence-corrected chi connectivity index (χ3v) is 3.78. The number of nitrogens with zero attached hydrogens (tertiary/aromatic N) is 2. The molecule has 2 aromatic carbocycles. The minimum absolute atomic E-state index is 0.364. The number of rotatable bonds is 7. The molecular formula is C20H20N4O2. The molecule has 0 radical (unpaired) electrons. The third kappa shape index (κ3) is 4.80. The third-order valence-electron chi connectivity index (χ3n) is 3.78. The largest absolute Gasteiger partial charge is 0.465 e. The van der Waals surface area contributed by atoms with Crippen molar-refractivity contribution in [2.75, 3.05) is 24.3 Å². The fraction of sp³-hybridized carbons (Fsp3) is 0.150. The molecule has 0 atom stereocenters. The Kier molecular flexibility index (Phi) is 5.77. The second kappa shape index (κ2) is 8.62. The van der Waals surface area contributed by atoms with E-state index >= 15 is 0 Å². The Balaban J connectivity index is 1.57. The number of hydrogen-bond acceptors (Lipinski definition) is 6. The molecule has 0 amide bonds. The van der Waals surface area contributed by atoms with Gasteiger partial charge in [0.05, 0.1) is 12.7 Å². The second-order valence-electron chi connectivity index (χ2n) is 5.62. The Labute approximate surface area is 152 Å². The molecule has 0 saturated carbocycles. The van der Waals surface area contributed by atoms with Crippen LogP contribution in [0.25, 0.3) is 0 Å². The van der Waals surface area contributed by atoms with Gasteiger partial charge < -0.3 is 15.4 Å². The Morgan fingerprint density at radius 1 is 1.04 bits per heavy atom. The standard InChI is InChI=1S/C20H20N4O2/c1-26-19(25)16-7-9-17(10-8-16)23-20-22-14-12-18(24-20)21-13-11-15-5-3-2-4-6-15/h2-10,12,14H,11,13H2,1H3,(H2,21,22,23,24). The molecule has 0 bridgehead atoms. The van der Waals surface area contributed by atoms with E-state index < -0.39 is 0 Å². The monoisotopic (exact) mass is 348 g/mol. The minimum atomic E-state index is -0.364. The molecule has 2 N–H and O–H groups in total. The molecule has 0 spiro atoms. The highest BCUT2D eigenvalue weighted by molar-refractivity contribution is 5.89. The van der Waals surface area contributed by atoms with Crippen LogP contribution >= 0.6 is 0 Å². The number of benzene rings is 2. The Morgan fingerprint density at radius 3 is 2.54 bits per heavy atom. The van der Waals surface area contributed by atoms with E-state index in [2.05, 4.69) is 37.5 Å². The number of hydrogen-bond donors (Lipinski definition) is 2. The van der Waals surface area contributed by atoms with Crippen LogP contribution < -0.4 is 10.6 Å². The summed E-state index contributed by atoms with van der Waals surface area (Å²) in [5, 5.41) is 6.42. The lowest BCUT2D eigenvalue weighted by molar-refractivity contribution is 0.0601. The quantitative estimate of drug-likeness (QED) is 0.635. The van der Waals surface area contributed by atoms with Crippen LogP contribution in [0.5, 0.6) is 0 Å². The van der Waals surface area contributed by atoms with Crippen LogP contribution in [0.15, 0.2) is 66.9 Å². The molecule has 1 heterocycles. The first-order valence-electron chi connectivity index (χ1n) is 8.31. The SMILES string of the molecule is COC(=O)c1ccc(Nc2nccc(NCCc3ccccc3)n2)cc1. The topological polar surface area (TPSA) is 76.1 Å². The zero-order valence-corrected chi connectivity index (χ0v) is 14.5. The van der Waals surface area contributed by atoms with Crippen molar-refractivity contribution in [3.8, 4) is 0 Å². The van der Waals surface area contributed by atoms with E-state index in [4.69, 9.17) is 0 Å². The summed E-state index contributed by atoms with van der Waals surface area (Å²) in [7, 11) is 1.36. The van der Waals surface area contributed by atoms with Crippen molar-refractivity contribution in [1.29, 1.82) is 0 Å². The maximum Gasteiger partial charge on any atom is 0.337 e. The predicted octanol–water partition coefficient (Wildman–Crippen LogP) is 3.66. The maximum atomic E-state index is 11.5. The van der Waals surface area contributed by atoms with E-state index in [0.29, 0.717) is 11.5 Å². The lowest BCUT2D eigenvalue weighted by atomic mass is 10.1. The maximum absolute atomic E-state index is 11.5. The number of ether oxygens (including phenoxy) is 1. The smallest absolute Gasteiger partial charge is 0.337 e. The van der Waals surface area contributed by atoms with E-state index in [-0.39, 0.29) is 5.97 Å². The van der Waals surface area contributed by atoms with Gasteiger partial charge in [-0.05, 0) is 42.3 Å². The average molecular weight is 348 g/mol. The van der Waals surface area contributed by atoms with Crippen molar-refractivity contribution >= 4 is 23.4 Å². The van der Waals surface area contributed by atoms with Crippen molar-refractivity contribution in [3.05, 3.63) is 78.0 Å². The summed E-state index contributed by atoms with van der Waals surface area (Å²) in [6, 6.07) is 19.1. The van der Waals surface area contributed by atoms with Gasteiger partial charge in [0.2, 0.25) is 5.95 Å². The van der Waals surface area contributed by atoms with Crippen molar-refractivity contribution in [2.24, 2.45) is 0 Å². The lowest BCUT2D eigenvalue weighted by Crippen LogP contribution is -2.07. The zero-order valence-electron chi connectivity index (χ0n) is 14.5. The molecule has 132 valence electrons. The number of carbonyl (C=O) groups is 1. The van der Waals surface area contributed by atoms with Gasteiger partial charge in [-0.3, -0.25) is 0 Å². The number of nitrogens with one attached hydrogen (secondary N) is 2. The van der Waals surface area contributed by atoms with Crippen LogP contribution in [0, 0.1) is 0 Å². The van der Waals surface area contributed by atoms with Gasteiger partial charge in [-0.1, -0.05) is 30.3 Å². The van der Waals surface area contributed by atoms with E-state index in [1.54, 1.807) is 30.5 Å². The molecule has 0 saturated heterocycles. The van der Waals surface area contributed by atoms with E-state index in [9.17, 15) is 4.79 Å². The van der Waals surface area contributed by atoms with Crippen LogP contribution in [0.3, 0.4) is 0 Å². The zero-order chi connectivity index (χ0) is 18.2. The summed E-state index contributed by atoms with van der Waals surface area (Å²) in [4.78, 5) is 20.1. The van der Waals surface area contributed by atoms with E-state index in [1.165, 1.54) is 12.7 Å². The Hall–Kier alpha value is -3.41. The summed E-state index contributed by atoms with van der Waals surface area (Å²) in [6.45, 7) is 0.786. The lowest BCUT2D eigenvalue weighted by Gasteiger charge is -2.09. The van der Waals surface area contributed by atoms with Crippen LogP contribution in [0.4, 0.5) is 17.5 Å². The highest BCUT2D eigenvalue weighted by Gasteiger charge is 2.05. The van der Waals surface area contributed by atoms with Crippen molar-refractivity contribution in [2.45, 2.75) is 6.42 Å². The summed E-state index contributed by atoms with van der Waals surface area (Å²) in [5.41, 5.74) is 2.56. The normalized spacial score (nSPS) is 10.2. The Bertz CT molecular complexity index is 851. The van der Waals surface area contributed by atoms with Gasteiger partial charge in [0.25, 0.3) is 0 Å². The highest BCUT2D eigenvalue weighted by Crippen LogP contribution is 2.15. The van der Waals surface area contributed by atoms with Crippen LogP contribution in [-0.2, 0) is 11.2 Å². The summed E-state index contributed by atoms with van der Waals surface area (Å²) < 4.78 is 4.69. The predicted molar refractivity (Wildman–Crippen MR) is 102 cm³/mol. The molecule has 0 unspecified atom stereocenters. The van der Waals surface area contributed by atoms with Gasteiger partial charge in [-0.2, -0.15) is 4.98 Å². The summed E-state index contributed by atoms with van der Waals surface area (Å²) in [5.74, 6) is 0.877. The highest BCUT2D eigenvalue weighted by atomic mass is 16.5. The fourth-order valence-corrected chi connectivity index (χ4v) is 2.43. The van der Waals surface area contributed by atoms with Gasteiger partial charge in [0, 0.05) is 18.4 Å². The van der Waals surface area contributed by atoms with Gasteiger partial charge in [-0.15, -0.1) is 0 Å². The van der Waals surface area contributed by atoms with Gasteiger partial charge in [0.15, 0.2) is 0 Å². The minimum Gasteiger partial charge on any atom is -0.465 e.